The molecule has 2 rings (SSSR count). The Hall–Kier alpha value is -0.580. The van der Waals surface area contributed by atoms with E-state index < -0.39 is 0 Å². The largest absolute Gasteiger partial charge is 0.461 e. The van der Waals surface area contributed by atoms with Crippen molar-refractivity contribution in [3.05, 3.63) is 35.9 Å². The third kappa shape index (κ3) is 3.05. The van der Waals surface area contributed by atoms with Gasteiger partial charge in [0.1, 0.15) is 6.10 Å². The van der Waals surface area contributed by atoms with E-state index in [1.54, 1.807) is 0 Å². The SMILES string of the molecule is CCC[C@@H]1[C@H](CI)OC(=O)C[C@H]1c1ccccc1. The summed E-state index contributed by atoms with van der Waals surface area (Å²) in [4.78, 5) is 11.7. The van der Waals surface area contributed by atoms with Gasteiger partial charge < -0.3 is 4.74 Å². The highest BCUT2D eigenvalue weighted by molar-refractivity contribution is 14.1. The summed E-state index contributed by atoms with van der Waals surface area (Å²) in [5.41, 5.74) is 1.28. The van der Waals surface area contributed by atoms with Gasteiger partial charge >= 0.3 is 5.97 Å². The minimum absolute atomic E-state index is 0.0436. The molecule has 0 radical (unpaired) electrons. The molecule has 1 aliphatic heterocycles. The van der Waals surface area contributed by atoms with Gasteiger partial charge in [0.25, 0.3) is 0 Å². The lowest BCUT2D eigenvalue weighted by atomic mass is 9.77. The number of hydrogen-bond acceptors (Lipinski definition) is 2. The number of alkyl halides is 1. The van der Waals surface area contributed by atoms with E-state index in [1.807, 2.05) is 6.07 Å². The van der Waals surface area contributed by atoms with Gasteiger partial charge in [-0.25, -0.2) is 0 Å². The van der Waals surface area contributed by atoms with Gasteiger partial charge in [0.15, 0.2) is 0 Å². The Kier molecular flexibility index (Phi) is 5.03. The van der Waals surface area contributed by atoms with Crippen LogP contribution < -0.4 is 0 Å². The predicted molar refractivity (Wildman–Crippen MR) is 81.0 cm³/mol. The second-order valence-electron chi connectivity index (χ2n) is 4.86. The van der Waals surface area contributed by atoms with E-state index in [4.69, 9.17) is 4.74 Å². The third-order valence-corrected chi connectivity index (χ3v) is 4.53. The first-order chi connectivity index (χ1) is 8.76. The van der Waals surface area contributed by atoms with Gasteiger partial charge in [0.05, 0.1) is 6.42 Å². The van der Waals surface area contributed by atoms with Crippen LogP contribution in [0.5, 0.6) is 0 Å². The Balaban J connectivity index is 2.26. The van der Waals surface area contributed by atoms with Gasteiger partial charge in [-0.2, -0.15) is 0 Å². The molecule has 0 N–H and O–H groups in total. The molecule has 3 atom stereocenters. The maximum atomic E-state index is 11.7. The van der Waals surface area contributed by atoms with Crippen molar-refractivity contribution in [2.24, 2.45) is 5.92 Å². The summed E-state index contributed by atoms with van der Waals surface area (Å²) in [6.07, 6.45) is 2.87. The lowest BCUT2D eigenvalue weighted by Gasteiger charge is -2.37. The Morgan fingerprint density at radius 1 is 1.33 bits per heavy atom. The molecule has 1 aromatic carbocycles. The molecule has 1 fully saturated rings. The Morgan fingerprint density at radius 3 is 2.67 bits per heavy atom. The highest BCUT2D eigenvalue weighted by atomic mass is 127. The number of carbonyl (C=O) groups excluding carboxylic acids is 1. The summed E-state index contributed by atoms with van der Waals surface area (Å²) in [6.45, 7) is 2.20. The van der Waals surface area contributed by atoms with Crippen LogP contribution in [0, 0.1) is 5.92 Å². The lowest BCUT2D eigenvalue weighted by Crippen LogP contribution is -2.39. The summed E-state index contributed by atoms with van der Waals surface area (Å²) < 4.78 is 6.39. The van der Waals surface area contributed by atoms with Crippen molar-refractivity contribution in [2.75, 3.05) is 4.43 Å². The molecule has 0 bridgehead atoms. The maximum Gasteiger partial charge on any atom is 0.306 e. The highest BCUT2D eigenvalue weighted by Crippen LogP contribution is 2.39. The van der Waals surface area contributed by atoms with Crippen LogP contribution in [0.25, 0.3) is 0 Å². The number of benzene rings is 1. The van der Waals surface area contributed by atoms with Gasteiger partial charge in [0.2, 0.25) is 0 Å². The molecular formula is C15H19IO2. The normalized spacial score (nSPS) is 27.9. The first-order valence-electron chi connectivity index (χ1n) is 6.56. The number of ether oxygens (including phenoxy) is 1. The molecular weight excluding hydrogens is 339 g/mol. The maximum absolute atomic E-state index is 11.7. The molecule has 0 aromatic heterocycles. The number of rotatable bonds is 4. The van der Waals surface area contributed by atoms with E-state index in [1.165, 1.54) is 5.56 Å². The van der Waals surface area contributed by atoms with E-state index >= 15 is 0 Å². The smallest absolute Gasteiger partial charge is 0.306 e. The number of hydrogen-bond donors (Lipinski definition) is 0. The monoisotopic (exact) mass is 358 g/mol. The average Bonchev–Trinajstić information content (AvgIpc) is 2.41. The fourth-order valence-corrected chi connectivity index (χ4v) is 3.66. The molecule has 98 valence electrons. The average molecular weight is 358 g/mol. The Labute approximate surface area is 122 Å². The Bertz CT molecular complexity index is 391. The Morgan fingerprint density at radius 2 is 2.06 bits per heavy atom. The predicted octanol–water partition coefficient (Wildman–Crippen LogP) is 3.94. The summed E-state index contributed by atoms with van der Waals surface area (Å²) >= 11 is 2.32. The zero-order valence-electron chi connectivity index (χ0n) is 10.6. The molecule has 0 aliphatic carbocycles. The number of cyclic esters (lactones) is 1. The molecule has 1 heterocycles. The summed E-state index contributed by atoms with van der Waals surface area (Å²) in [6, 6.07) is 10.4. The molecule has 0 spiro atoms. The standard InChI is InChI=1S/C15H19IO2/c1-2-6-12-13(11-7-4-3-5-8-11)9-15(17)18-14(12)10-16/h3-5,7-8,12-14H,2,6,9-10H2,1H3/t12-,13-,14-/m0/s1. The molecule has 0 saturated carbocycles. The molecule has 18 heavy (non-hydrogen) atoms. The summed E-state index contributed by atoms with van der Waals surface area (Å²) in [5, 5.41) is 0. The minimum atomic E-state index is -0.0436. The van der Waals surface area contributed by atoms with Crippen LogP contribution in [0.3, 0.4) is 0 Å². The van der Waals surface area contributed by atoms with Crippen molar-refractivity contribution < 1.29 is 9.53 Å². The number of carbonyl (C=O) groups is 1. The lowest BCUT2D eigenvalue weighted by molar-refractivity contribution is -0.158. The van der Waals surface area contributed by atoms with E-state index in [-0.39, 0.29) is 12.1 Å². The fraction of sp³-hybridized carbons (Fsp3) is 0.533. The van der Waals surface area contributed by atoms with Crippen LogP contribution >= 0.6 is 22.6 Å². The highest BCUT2D eigenvalue weighted by Gasteiger charge is 2.37. The van der Waals surface area contributed by atoms with Crippen molar-refractivity contribution >= 4 is 28.6 Å². The molecule has 1 saturated heterocycles. The number of esters is 1. The summed E-state index contributed by atoms with van der Waals surface area (Å²) in [5.74, 6) is 0.747. The minimum Gasteiger partial charge on any atom is -0.461 e. The van der Waals surface area contributed by atoms with E-state index in [9.17, 15) is 4.79 Å². The van der Waals surface area contributed by atoms with Crippen LogP contribution in [-0.2, 0) is 9.53 Å². The zero-order valence-corrected chi connectivity index (χ0v) is 12.8. The second kappa shape index (κ2) is 6.55. The van der Waals surface area contributed by atoms with Gasteiger partial charge in [-0.15, -0.1) is 0 Å². The first kappa shape index (κ1) is 13.8. The van der Waals surface area contributed by atoms with E-state index in [0.717, 1.165) is 17.3 Å². The fourth-order valence-electron chi connectivity index (χ4n) is 2.83. The summed E-state index contributed by atoms with van der Waals surface area (Å²) in [7, 11) is 0. The molecule has 0 unspecified atom stereocenters. The molecule has 3 heteroatoms. The third-order valence-electron chi connectivity index (χ3n) is 3.67. The van der Waals surface area contributed by atoms with Crippen molar-refractivity contribution in [1.82, 2.24) is 0 Å². The quantitative estimate of drug-likeness (QED) is 0.463. The van der Waals surface area contributed by atoms with Crippen molar-refractivity contribution in [2.45, 2.75) is 38.2 Å². The van der Waals surface area contributed by atoms with Crippen LogP contribution in [0.15, 0.2) is 30.3 Å². The van der Waals surface area contributed by atoms with Crippen molar-refractivity contribution in [1.29, 1.82) is 0 Å². The molecule has 0 amide bonds. The number of halogens is 1. The van der Waals surface area contributed by atoms with Crippen LogP contribution in [0.4, 0.5) is 0 Å². The van der Waals surface area contributed by atoms with E-state index in [0.29, 0.717) is 18.3 Å². The zero-order chi connectivity index (χ0) is 13.0. The van der Waals surface area contributed by atoms with Crippen molar-refractivity contribution in [3.63, 3.8) is 0 Å². The first-order valence-corrected chi connectivity index (χ1v) is 8.09. The van der Waals surface area contributed by atoms with Gasteiger partial charge in [-0.05, 0) is 12.0 Å². The molecule has 1 aliphatic rings. The van der Waals surface area contributed by atoms with Crippen LogP contribution in [-0.4, -0.2) is 16.5 Å². The molecule has 1 aromatic rings. The topological polar surface area (TPSA) is 26.3 Å². The molecule has 2 nitrogen and oxygen atoms in total. The van der Waals surface area contributed by atoms with Crippen LogP contribution in [0.1, 0.15) is 37.7 Å². The van der Waals surface area contributed by atoms with Gasteiger partial charge in [-0.3, -0.25) is 4.79 Å². The van der Waals surface area contributed by atoms with Crippen LogP contribution in [0.2, 0.25) is 0 Å². The van der Waals surface area contributed by atoms with Gasteiger partial charge in [-0.1, -0.05) is 66.3 Å². The second-order valence-corrected chi connectivity index (χ2v) is 5.74. The van der Waals surface area contributed by atoms with E-state index in [2.05, 4.69) is 53.8 Å². The van der Waals surface area contributed by atoms with Gasteiger partial charge in [0, 0.05) is 16.3 Å². The van der Waals surface area contributed by atoms with Crippen molar-refractivity contribution in [3.8, 4) is 0 Å².